The molecule has 1 aromatic carbocycles. The Balaban J connectivity index is 0.00000338. The molecule has 1 heterocycles. The molecule has 2 aromatic rings. The summed E-state index contributed by atoms with van der Waals surface area (Å²) in [5.74, 6) is 1.51. The lowest BCUT2D eigenvalue weighted by molar-refractivity contribution is 0.180. The van der Waals surface area contributed by atoms with E-state index in [0.717, 1.165) is 17.9 Å². The van der Waals surface area contributed by atoms with Crippen molar-refractivity contribution in [2.24, 2.45) is 4.99 Å². The fraction of sp³-hybridized carbons (Fsp3) is 0.421. The largest absolute Gasteiger partial charge is 0.491 e. The Morgan fingerprint density at radius 1 is 1.19 bits per heavy atom. The standard InChI is InChI=1S/C19H27N3O2S.HI/c1-4-20-19(21-12-17-6-5-11-25-17)22-13-18(23)15-7-9-16(10-8-15)24-14(2)3;/h5-11,14,18,23H,4,12-13H2,1-3H3,(H2,20,21,22);1H. The minimum atomic E-state index is -0.612. The first-order valence-electron chi connectivity index (χ1n) is 8.57. The lowest BCUT2D eigenvalue weighted by atomic mass is 10.1. The molecule has 1 atom stereocenters. The van der Waals surface area contributed by atoms with Crippen molar-refractivity contribution in [1.29, 1.82) is 0 Å². The van der Waals surface area contributed by atoms with Gasteiger partial charge in [-0.1, -0.05) is 18.2 Å². The number of aliphatic hydroxyl groups is 1. The van der Waals surface area contributed by atoms with Crippen LogP contribution in [0.3, 0.4) is 0 Å². The number of thiophene rings is 1. The molecule has 5 nitrogen and oxygen atoms in total. The van der Waals surface area contributed by atoms with Crippen molar-refractivity contribution in [2.45, 2.75) is 39.5 Å². The molecule has 0 saturated carbocycles. The zero-order valence-electron chi connectivity index (χ0n) is 15.4. The zero-order chi connectivity index (χ0) is 18.1. The molecule has 0 bridgehead atoms. The minimum absolute atomic E-state index is 0. The summed E-state index contributed by atoms with van der Waals surface area (Å²) in [5.41, 5.74) is 0.845. The summed E-state index contributed by atoms with van der Waals surface area (Å²) in [5, 5.41) is 18.8. The fourth-order valence-corrected chi connectivity index (χ4v) is 2.88. The maximum absolute atomic E-state index is 10.4. The number of aliphatic hydroxyl groups excluding tert-OH is 1. The van der Waals surface area contributed by atoms with E-state index in [0.29, 0.717) is 19.0 Å². The molecular weight excluding hydrogens is 461 g/mol. The van der Waals surface area contributed by atoms with Crippen molar-refractivity contribution < 1.29 is 9.84 Å². The van der Waals surface area contributed by atoms with E-state index >= 15 is 0 Å². The van der Waals surface area contributed by atoms with Gasteiger partial charge in [-0.2, -0.15) is 0 Å². The van der Waals surface area contributed by atoms with Crippen molar-refractivity contribution in [3.63, 3.8) is 0 Å². The molecule has 0 amide bonds. The third-order valence-electron chi connectivity index (χ3n) is 3.42. The van der Waals surface area contributed by atoms with Crippen LogP contribution in [0.4, 0.5) is 0 Å². The summed E-state index contributed by atoms with van der Waals surface area (Å²) in [6.45, 7) is 7.79. The van der Waals surface area contributed by atoms with Crippen LogP contribution in [-0.2, 0) is 6.54 Å². The molecule has 0 saturated heterocycles. The molecule has 2 rings (SSSR count). The van der Waals surface area contributed by atoms with Crippen LogP contribution in [0.1, 0.15) is 37.3 Å². The molecule has 0 aliphatic rings. The molecule has 3 N–H and O–H groups in total. The Morgan fingerprint density at radius 3 is 2.50 bits per heavy atom. The summed E-state index contributed by atoms with van der Waals surface area (Å²) in [7, 11) is 0. The Labute approximate surface area is 176 Å². The molecule has 1 aromatic heterocycles. The van der Waals surface area contributed by atoms with Gasteiger partial charge < -0.3 is 20.5 Å². The number of nitrogens with zero attached hydrogens (tertiary/aromatic N) is 1. The Kier molecular flexibility index (Phi) is 10.6. The Morgan fingerprint density at radius 2 is 1.92 bits per heavy atom. The molecule has 0 fully saturated rings. The van der Waals surface area contributed by atoms with Gasteiger partial charge in [-0.25, -0.2) is 4.99 Å². The maximum Gasteiger partial charge on any atom is 0.191 e. The van der Waals surface area contributed by atoms with Gasteiger partial charge in [-0.05, 0) is 49.9 Å². The van der Waals surface area contributed by atoms with E-state index in [1.54, 1.807) is 11.3 Å². The van der Waals surface area contributed by atoms with Gasteiger partial charge in [-0.15, -0.1) is 35.3 Å². The molecule has 7 heteroatoms. The first-order chi connectivity index (χ1) is 12.1. The number of rotatable bonds is 8. The first kappa shape index (κ1) is 22.7. The maximum atomic E-state index is 10.4. The number of benzene rings is 1. The lowest BCUT2D eigenvalue weighted by Crippen LogP contribution is -2.39. The Hall–Kier alpha value is -1.32. The average Bonchev–Trinajstić information content (AvgIpc) is 3.10. The summed E-state index contributed by atoms with van der Waals surface area (Å²) < 4.78 is 5.62. The van der Waals surface area contributed by atoms with E-state index in [1.807, 2.05) is 56.5 Å². The van der Waals surface area contributed by atoms with Crippen molar-refractivity contribution in [3.8, 4) is 5.75 Å². The van der Waals surface area contributed by atoms with Gasteiger partial charge in [0.1, 0.15) is 5.75 Å². The normalized spacial score (nSPS) is 12.4. The van der Waals surface area contributed by atoms with Crippen LogP contribution in [0.5, 0.6) is 5.75 Å². The smallest absolute Gasteiger partial charge is 0.191 e. The molecular formula is C19H28IN3O2S. The van der Waals surface area contributed by atoms with Crippen molar-refractivity contribution >= 4 is 41.3 Å². The zero-order valence-corrected chi connectivity index (χ0v) is 18.6. The first-order valence-corrected chi connectivity index (χ1v) is 9.45. The van der Waals surface area contributed by atoms with Crippen LogP contribution >= 0.6 is 35.3 Å². The van der Waals surface area contributed by atoms with Crippen molar-refractivity contribution in [1.82, 2.24) is 10.6 Å². The highest BCUT2D eigenvalue weighted by molar-refractivity contribution is 14.0. The van der Waals surface area contributed by atoms with E-state index in [1.165, 1.54) is 4.88 Å². The van der Waals surface area contributed by atoms with Gasteiger partial charge in [0.2, 0.25) is 0 Å². The summed E-state index contributed by atoms with van der Waals surface area (Å²) in [4.78, 5) is 5.75. The van der Waals surface area contributed by atoms with Gasteiger partial charge in [0.05, 0.1) is 18.8 Å². The van der Waals surface area contributed by atoms with Crippen molar-refractivity contribution in [3.05, 3.63) is 52.2 Å². The second-order valence-electron chi connectivity index (χ2n) is 5.91. The van der Waals surface area contributed by atoms with E-state index < -0.39 is 6.10 Å². The van der Waals surface area contributed by atoms with E-state index in [9.17, 15) is 5.11 Å². The summed E-state index contributed by atoms with van der Waals surface area (Å²) in [6.07, 6.45) is -0.474. The number of aliphatic imine (C=N–C) groups is 1. The quantitative estimate of drug-likeness (QED) is 0.299. The van der Waals surface area contributed by atoms with Crippen LogP contribution in [0.15, 0.2) is 46.8 Å². The molecule has 26 heavy (non-hydrogen) atoms. The SMILES string of the molecule is CCNC(=NCc1cccs1)NCC(O)c1ccc(OC(C)C)cc1.I. The Bertz CT molecular complexity index is 645. The predicted molar refractivity (Wildman–Crippen MR) is 120 cm³/mol. The van der Waals surface area contributed by atoms with Gasteiger partial charge in [0.15, 0.2) is 5.96 Å². The number of hydrogen-bond donors (Lipinski definition) is 3. The third-order valence-corrected chi connectivity index (χ3v) is 4.28. The van der Waals surface area contributed by atoms with E-state index in [-0.39, 0.29) is 30.1 Å². The van der Waals surface area contributed by atoms with Gasteiger partial charge in [0, 0.05) is 18.0 Å². The average molecular weight is 489 g/mol. The molecule has 1 unspecified atom stereocenters. The molecule has 0 aliphatic heterocycles. The molecule has 0 aliphatic carbocycles. The van der Waals surface area contributed by atoms with Crippen LogP contribution in [0.25, 0.3) is 0 Å². The number of halogens is 1. The topological polar surface area (TPSA) is 65.9 Å². The van der Waals surface area contributed by atoms with Gasteiger partial charge >= 0.3 is 0 Å². The predicted octanol–water partition coefficient (Wildman–Crippen LogP) is 3.94. The second kappa shape index (κ2) is 12.1. The van der Waals surface area contributed by atoms with Gasteiger partial charge in [0.25, 0.3) is 0 Å². The van der Waals surface area contributed by atoms with Crippen LogP contribution in [-0.4, -0.2) is 30.3 Å². The molecule has 0 radical (unpaired) electrons. The number of hydrogen-bond acceptors (Lipinski definition) is 4. The van der Waals surface area contributed by atoms with Crippen molar-refractivity contribution in [2.75, 3.05) is 13.1 Å². The third kappa shape index (κ3) is 7.92. The minimum Gasteiger partial charge on any atom is -0.491 e. The van der Waals surface area contributed by atoms with Gasteiger partial charge in [-0.3, -0.25) is 0 Å². The number of nitrogens with one attached hydrogen (secondary N) is 2. The second-order valence-corrected chi connectivity index (χ2v) is 6.94. The number of guanidine groups is 1. The molecule has 144 valence electrons. The van der Waals surface area contributed by atoms with Crippen LogP contribution in [0, 0.1) is 0 Å². The van der Waals surface area contributed by atoms with Crippen LogP contribution in [0.2, 0.25) is 0 Å². The van der Waals surface area contributed by atoms with Crippen LogP contribution < -0.4 is 15.4 Å². The summed E-state index contributed by atoms with van der Waals surface area (Å²) >= 11 is 1.69. The highest BCUT2D eigenvalue weighted by Crippen LogP contribution is 2.18. The number of ether oxygens (including phenoxy) is 1. The lowest BCUT2D eigenvalue weighted by Gasteiger charge is -2.16. The molecule has 0 spiro atoms. The monoisotopic (exact) mass is 489 g/mol. The fourth-order valence-electron chi connectivity index (χ4n) is 2.25. The van der Waals surface area contributed by atoms with E-state index in [2.05, 4.69) is 21.7 Å². The highest BCUT2D eigenvalue weighted by Gasteiger charge is 2.09. The highest BCUT2D eigenvalue weighted by atomic mass is 127. The van der Waals surface area contributed by atoms with E-state index in [4.69, 9.17) is 4.74 Å². The summed E-state index contributed by atoms with van der Waals surface area (Å²) in [6, 6.07) is 11.6.